The lowest BCUT2D eigenvalue weighted by molar-refractivity contribution is -0.143. The molecule has 2 atom stereocenters. The van der Waals surface area contributed by atoms with Crippen LogP contribution in [-0.4, -0.2) is 47.4 Å². The molecular formula is C87H167NO5. The van der Waals surface area contributed by atoms with Crippen LogP contribution in [0.15, 0.2) is 36.5 Å². The molecule has 0 aromatic carbocycles. The van der Waals surface area contributed by atoms with Gasteiger partial charge in [0.25, 0.3) is 0 Å². The minimum absolute atomic E-state index is 0.0147. The summed E-state index contributed by atoms with van der Waals surface area (Å²) in [6, 6.07) is -0.626. The average molecular weight is 1310 g/mol. The van der Waals surface area contributed by atoms with Gasteiger partial charge in [-0.1, -0.05) is 423 Å². The van der Waals surface area contributed by atoms with E-state index in [2.05, 4.69) is 43.5 Å². The van der Waals surface area contributed by atoms with E-state index in [0.717, 1.165) is 44.9 Å². The number of esters is 1. The van der Waals surface area contributed by atoms with Crippen molar-refractivity contribution >= 4 is 11.9 Å². The minimum atomic E-state index is -0.843. The number of nitrogens with one attached hydrogen (secondary N) is 1. The van der Waals surface area contributed by atoms with Crippen molar-refractivity contribution in [3.8, 4) is 0 Å². The molecule has 0 radical (unpaired) electrons. The van der Waals surface area contributed by atoms with Gasteiger partial charge in [0.1, 0.15) is 0 Å². The Bertz CT molecular complexity index is 1510. The van der Waals surface area contributed by atoms with Crippen LogP contribution in [0, 0.1) is 0 Å². The Kier molecular flexibility index (Phi) is 80.8. The lowest BCUT2D eigenvalue weighted by Gasteiger charge is -2.20. The summed E-state index contributed by atoms with van der Waals surface area (Å²) in [6.07, 6.45) is 109. The van der Waals surface area contributed by atoms with Crippen LogP contribution < -0.4 is 5.32 Å². The molecule has 0 bridgehead atoms. The molecule has 6 nitrogen and oxygen atoms in total. The van der Waals surface area contributed by atoms with Gasteiger partial charge >= 0.3 is 5.97 Å². The second-order valence-electron chi connectivity index (χ2n) is 29.5. The molecule has 0 aliphatic heterocycles. The zero-order valence-corrected chi connectivity index (χ0v) is 63.3. The lowest BCUT2D eigenvalue weighted by Crippen LogP contribution is -2.45. The van der Waals surface area contributed by atoms with E-state index < -0.39 is 12.1 Å². The summed E-state index contributed by atoms with van der Waals surface area (Å²) in [5.41, 5.74) is 0. The number of carbonyl (C=O) groups excluding carboxylic acids is 2. The molecule has 6 heteroatoms. The highest BCUT2D eigenvalue weighted by Gasteiger charge is 2.18. The summed E-state index contributed by atoms with van der Waals surface area (Å²) in [5, 5.41) is 23.3. The molecule has 1 amide bonds. The third-order valence-corrected chi connectivity index (χ3v) is 20.1. The molecule has 0 saturated heterocycles. The zero-order chi connectivity index (χ0) is 67.0. The topological polar surface area (TPSA) is 95.9 Å². The van der Waals surface area contributed by atoms with Crippen LogP contribution in [0.1, 0.15) is 483 Å². The fourth-order valence-corrected chi connectivity index (χ4v) is 13.6. The molecule has 93 heavy (non-hydrogen) atoms. The first-order valence-corrected chi connectivity index (χ1v) is 42.8. The molecule has 0 fully saturated rings. The monoisotopic (exact) mass is 1310 g/mol. The molecule has 0 rings (SSSR count). The Balaban J connectivity index is 3.35. The highest BCUT2D eigenvalue weighted by molar-refractivity contribution is 5.76. The van der Waals surface area contributed by atoms with Crippen molar-refractivity contribution < 1.29 is 24.5 Å². The molecule has 2 unspecified atom stereocenters. The van der Waals surface area contributed by atoms with E-state index in [-0.39, 0.29) is 18.5 Å². The van der Waals surface area contributed by atoms with Gasteiger partial charge in [0, 0.05) is 12.8 Å². The number of aliphatic hydroxyl groups excluding tert-OH is 2. The number of ether oxygens (including phenoxy) is 1. The van der Waals surface area contributed by atoms with Gasteiger partial charge in [-0.05, 0) is 83.5 Å². The van der Waals surface area contributed by atoms with Crippen molar-refractivity contribution in [3.05, 3.63) is 36.5 Å². The van der Waals surface area contributed by atoms with Gasteiger partial charge in [0.15, 0.2) is 0 Å². The van der Waals surface area contributed by atoms with Crippen molar-refractivity contribution in [3.63, 3.8) is 0 Å². The van der Waals surface area contributed by atoms with Crippen molar-refractivity contribution in [1.29, 1.82) is 0 Å². The number of rotatable bonds is 81. The van der Waals surface area contributed by atoms with Crippen LogP contribution >= 0.6 is 0 Å². The molecule has 0 heterocycles. The number of unbranched alkanes of at least 4 members (excludes halogenated alkanes) is 66. The van der Waals surface area contributed by atoms with Crippen LogP contribution in [0.25, 0.3) is 0 Å². The highest BCUT2D eigenvalue weighted by atomic mass is 16.5. The number of hydrogen-bond acceptors (Lipinski definition) is 5. The van der Waals surface area contributed by atoms with Gasteiger partial charge in [-0.2, -0.15) is 0 Å². The Morgan fingerprint density at radius 3 is 0.763 bits per heavy atom. The van der Waals surface area contributed by atoms with E-state index >= 15 is 0 Å². The van der Waals surface area contributed by atoms with E-state index in [1.54, 1.807) is 6.08 Å². The molecule has 0 spiro atoms. The summed E-state index contributed by atoms with van der Waals surface area (Å²) in [5.74, 6) is -0.0440. The zero-order valence-electron chi connectivity index (χ0n) is 63.3. The summed E-state index contributed by atoms with van der Waals surface area (Å²) in [4.78, 5) is 24.7. The van der Waals surface area contributed by atoms with E-state index in [0.29, 0.717) is 19.4 Å². The molecule has 0 aliphatic carbocycles. The molecule has 0 saturated carbocycles. The van der Waals surface area contributed by atoms with Gasteiger partial charge in [0.2, 0.25) is 5.91 Å². The maximum Gasteiger partial charge on any atom is 0.305 e. The van der Waals surface area contributed by atoms with Gasteiger partial charge in [-0.3, -0.25) is 9.59 Å². The predicted molar refractivity (Wildman–Crippen MR) is 412 cm³/mol. The van der Waals surface area contributed by atoms with E-state index in [1.165, 1.54) is 411 Å². The molecule has 0 aromatic rings. The standard InChI is InChI=1S/C87H167NO5/c1-3-5-7-9-11-13-15-17-19-21-22-23-39-42-45-48-51-55-59-63-67-71-75-79-85(90)84(83-89)88-86(91)80-76-72-68-64-60-56-52-49-46-43-40-37-35-33-31-29-27-25-24-26-28-30-32-34-36-38-41-44-47-50-54-58-62-66-70-74-78-82-93-87(92)81-77-73-69-65-61-57-53-20-18-16-14-12-10-8-6-4-2/h20,24,26,53,75,79,84-85,89-90H,3-19,21-23,25,27-52,54-74,76-78,80-83H2,1-2H3,(H,88,91)/b26-24-,53-20-,79-75+. The van der Waals surface area contributed by atoms with Gasteiger partial charge in [-0.25, -0.2) is 0 Å². The maximum atomic E-state index is 12.6. The molecule has 0 aromatic heterocycles. The summed E-state index contributed by atoms with van der Waals surface area (Å²) >= 11 is 0. The van der Waals surface area contributed by atoms with E-state index in [9.17, 15) is 19.8 Å². The summed E-state index contributed by atoms with van der Waals surface area (Å²) in [6.45, 7) is 4.95. The molecular weight excluding hydrogens is 1140 g/mol. The summed E-state index contributed by atoms with van der Waals surface area (Å²) in [7, 11) is 0. The van der Waals surface area contributed by atoms with Gasteiger partial charge in [-0.15, -0.1) is 0 Å². The number of carbonyl (C=O) groups is 2. The largest absolute Gasteiger partial charge is 0.466 e. The maximum absolute atomic E-state index is 12.6. The second-order valence-corrected chi connectivity index (χ2v) is 29.5. The van der Waals surface area contributed by atoms with E-state index in [4.69, 9.17) is 4.74 Å². The first kappa shape index (κ1) is 91.1. The smallest absolute Gasteiger partial charge is 0.305 e. The Hall–Kier alpha value is -1.92. The minimum Gasteiger partial charge on any atom is -0.466 e. The number of hydrogen-bond donors (Lipinski definition) is 3. The average Bonchev–Trinajstić information content (AvgIpc) is 3.78. The molecule has 3 N–H and O–H groups in total. The normalized spacial score (nSPS) is 12.6. The predicted octanol–water partition coefficient (Wildman–Crippen LogP) is 28.6. The first-order valence-electron chi connectivity index (χ1n) is 42.8. The Morgan fingerprint density at radius 2 is 0.505 bits per heavy atom. The van der Waals surface area contributed by atoms with Crippen molar-refractivity contribution in [1.82, 2.24) is 5.32 Å². The SMILES string of the molecule is CCCCCCCCC/C=C\CCCCCCCC(=O)OCCCCCCCCCCCCCCCCCC/C=C\CCCCCCCCCCCCCCCCCCCC(=O)NC(CO)C(O)/C=C/CCCCCCCCCCCCCCCCCCCCCCC. The van der Waals surface area contributed by atoms with E-state index in [1.807, 2.05) is 6.08 Å². The van der Waals surface area contributed by atoms with Crippen LogP contribution in [0.3, 0.4) is 0 Å². The van der Waals surface area contributed by atoms with Gasteiger partial charge < -0.3 is 20.3 Å². The van der Waals surface area contributed by atoms with Gasteiger partial charge in [0.05, 0.1) is 25.4 Å². The van der Waals surface area contributed by atoms with Crippen LogP contribution in [0.2, 0.25) is 0 Å². The number of amides is 1. The van der Waals surface area contributed by atoms with Crippen LogP contribution in [0.4, 0.5) is 0 Å². The Labute approximate surface area is 583 Å². The van der Waals surface area contributed by atoms with Crippen molar-refractivity contribution in [2.75, 3.05) is 13.2 Å². The third kappa shape index (κ3) is 79.0. The fourth-order valence-electron chi connectivity index (χ4n) is 13.6. The van der Waals surface area contributed by atoms with Crippen LogP contribution in [-0.2, 0) is 14.3 Å². The van der Waals surface area contributed by atoms with Crippen molar-refractivity contribution in [2.45, 2.75) is 495 Å². The lowest BCUT2D eigenvalue weighted by atomic mass is 10.0. The first-order chi connectivity index (χ1) is 46.0. The second kappa shape index (κ2) is 82.5. The highest BCUT2D eigenvalue weighted by Crippen LogP contribution is 2.20. The molecule has 550 valence electrons. The van der Waals surface area contributed by atoms with Crippen molar-refractivity contribution in [2.24, 2.45) is 0 Å². The Morgan fingerprint density at radius 1 is 0.290 bits per heavy atom. The number of aliphatic hydroxyl groups is 2. The molecule has 0 aliphatic rings. The quantitative estimate of drug-likeness (QED) is 0.0320. The fraction of sp³-hybridized carbons (Fsp3) is 0.908. The van der Waals surface area contributed by atoms with Crippen LogP contribution in [0.5, 0.6) is 0 Å². The third-order valence-electron chi connectivity index (χ3n) is 20.1. The summed E-state index contributed by atoms with van der Waals surface area (Å²) < 4.78 is 5.51. The number of allylic oxidation sites excluding steroid dienone is 5.